The van der Waals surface area contributed by atoms with Crippen molar-refractivity contribution in [2.24, 2.45) is 0 Å². The Hall–Kier alpha value is -3.32. The number of amides is 3. The number of fused-ring (bicyclic) bond motifs is 1. The molecule has 8 heteroatoms. The molecular weight excluding hydrogens is 392 g/mol. The molecule has 1 aliphatic heterocycles. The van der Waals surface area contributed by atoms with Crippen LogP contribution in [0.3, 0.4) is 0 Å². The van der Waals surface area contributed by atoms with Gasteiger partial charge in [-0.05, 0) is 24.3 Å². The van der Waals surface area contributed by atoms with E-state index in [9.17, 15) is 14.4 Å². The molecule has 148 valence electrons. The van der Waals surface area contributed by atoms with E-state index >= 15 is 0 Å². The molecule has 0 aliphatic carbocycles. The SMILES string of the molecule is O=C(Nc1ccccc1Cl)C(=O)N1CCN(C(=O)c2cc3ccccc3[nH]2)CC1. The molecule has 1 saturated heterocycles. The lowest BCUT2D eigenvalue weighted by atomic mass is 10.2. The molecule has 1 aromatic heterocycles. The standard InChI is InChI=1S/C21H19ClN4O3/c22-15-6-2-4-8-17(15)24-19(27)21(29)26-11-9-25(10-12-26)20(28)18-13-14-5-1-3-7-16(14)23-18/h1-8,13,23H,9-12H2,(H,24,27). The van der Waals surface area contributed by atoms with Crippen LogP contribution >= 0.6 is 11.6 Å². The van der Waals surface area contributed by atoms with Crippen molar-refractivity contribution >= 4 is 45.9 Å². The van der Waals surface area contributed by atoms with Crippen LogP contribution in [0.4, 0.5) is 5.69 Å². The van der Waals surface area contributed by atoms with E-state index in [1.165, 1.54) is 4.90 Å². The maximum Gasteiger partial charge on any atom is 0.313 e. The van der Waals surface area contributed by atoms with Crippen LogP contribution in [0.1, 0.15) is 10.5 Å². The van der Waals surface area contributed by atoms with Crippen LogP contribution in [0, 0.1) is 0 Å². The molecule has 7 nitrogen and oxygen atoms in total. The number of nitrogens with one attached hydrogen (secondary N) is 2. The van der Waals surface area contributed by atoms with E-state index in [2.05, 4.69) is 10.3 Å². The number of benzene rings is 2. The van der Waals surface area contributed by atoms with Crippen molar-refractivity contribution in [1.82, 2.24) is 14.8 Å². The second kappa shape index (κ2) is 7.97. The van der Waals surface area contributed by atoms with Gasteiger partial charge < -0.3 is 20.1 Å². The molecule has 0 radical (unpaired) electrons. The summed E-state index contributed by atoms with van der Waals surface area (Å²) in [7, 11) is 0. The lowest BCUT2D eigenvalue weighted by Crippen LogP contribution is -2.53. The number of hydrogen-bond acceptors (Lipinski definition) is 3. The number of carbonyl (C=O) groups is 3. The maximum absolute atomic E-state index is 12.8. The second-order valence-corrected chi connectivity index (χ2v) is 7.20. The number of aromatic amines is 1. The highest BCUT2D eigenvalue weighted by Crippen LogP contribution is 2.21. The second-order valence-electron chi connectivity index (χ2n) is 6.79. The number of rotatable bonds is 2. The highest BCUT2D eigenvalue weighted by Gasteiger charge is 2.29. The summed E-state index contributed by atoms with van der Waals surface area (Å²) in [6, 6.07) is 16.2. The zero-order chi connectivity index (χ0) is 20.4. The Bertz CT molecular complexity index is 1050. The van der Waals surface area contributed by atoms with E-state index < -0.39 is 11.8 Å². The molecule has 0 atom stereocenters. The number of para-hydroxylation sites is 2. The van der Waals surface area contributed by atoms with E-state index in [4.69, 9.17) is 11.6 Å². The zero-order valence-electron chi connectivity index (χ0n) is 15.5. The van der Waals surface area contributed by atoms with E-state index in [1.54, 1.807) is 29.2 Å². The van der Waals surface area contributed by atoms with Gasteiger partial charge in [-0.2, -0.15) is 0 Å². The Balaban J connectivity index is 1.36. The molecular formula is C21H19ClN4O3. The minimum atomic E-state index is -0.742. The number of piperazine rings is 1. The molecule has 0 bridgehead atoms. The van der Waals surface area contributed by atoms with Gasteiger partial charge in [0, 0.05) is 37.1 Å². The smallest absolute Gasteiger partial charge is 0.313 e. The average Bonchev–Trinajstić information content (AvgIpc) is 3.18. The van der Waals surface area contributed by atoms with Crippen molar-refractivity contribution in [3.8, 4) is 0 Å². The van der Waals surface area contributed by atoms with Gasteiger partial charge in [0.25, 0.3) is 5.91 Å². The number of aromatic nitrogens is 1. The number of carbonyl (C=O) groups excluding carboxylic acids is 3. The van der Waals surface area contributed by atoms with Gasteiger partial charge >= 0.3 is 11.8 Å². The van der Waals surface area contributed by atoms with Crippen molar-refractivity contribution in [3.63, 3.8) is 0 Å². The summed E-state index contributed by atoms with van der Waals surface area (Å²) >= 11 is 6.01. The summed E-state index contributed by atoms with van der Waals surface area (Å²) in [6.45, 7) is 1.31. The van der Waals surface area contributed by atoms with Gasteiger partial charge in [0.15, 0.2) is 0 Å². The van der Waals surface area contributed by atoms with Crippen LogP contribution in [0.15, 0.2) is 54.6 Å². The van der Waals surface area contributed by atoms with Crippen LogP contribution in [0.2, 0.25) is 5.02 Å². The van der Waals surface area contributed by atoms with Gasteiger partial charge in [0.05, 0.1) is 10.7 Å². The number of nitrogens with zero attached hydrogens (tertiary/aromatic N) is 2. The Kier molecular flexibility index (Phi) is 5.22. The molecule has 2 aromatic carbocycles. The Labute approximate surface area is 172 Å². The third kappa shape index (κ3) is 3.95. The molecule has 3 amide bonds. The summed E-state index contributed by atoms with van der Waals surface area (Å²) in [5.74, 6) is -1.50. The lowest BCUT2D eigenvalue weighted by molar-refractivity contribution is -0.144. The van der Waals surface area contributed by atoms with Crippen molar-refractivity contribution in [3.05, 3.63) is 65.3 Å². The molecule has 0 unspecified atom stereocenters. The quantitative estimate of drug-likeness (QED) is 0.637. The normalized spacial score (nSPS) is 14.1. The summed E-state index contributed by atoms with van der Waals surface area (Å²) in [5.41, 5.74) is 1.81. The molecule has 2 heterocycles. The molecule has 1 fully saturated rings. The third-order valence-corrected chi connectivity index (χ3v) is 5.26. The van der Waals surface area contributed by atoms with Crippen LogP contribution in [0.5, 0.6) is 0 Å². The first-order chi connectivity index (χ1) is 14.0. The lowest BCUT2D eigenvalue weighted by Gasteiger charge is -2.34. The zero-order valence-corrected chi connectivity index (χ0v) is 16.3. The van der Waals surface area contributed by atoms with Crippen molar-refractivity contribution < 1.29 is 14.4 Å². The Morgan fingerprint density at radius 3 is 2.28 bits per heavy atom. The molecule has 1 aliphatic rings. The fourth-order valence-electron chi connectivity index (χ4n) is 3.35. The first kappa shape index (κ1) is 19.0. The molecule has 3 aromatic rings. The number of H-pyrrole nitrogens is 1. The monoisotopic (exact) mass is 410 g/mol. The molecule has 2 N–H and O–H groups in total. The summed E-state index contributed by atoms with van der Waals surface area (Å²) in [4.78, 5) is 43.7. The fourth-order valence-corrected chi connectivity index (χ4v) is 3.54. The van der Waals surface area contributed by atoms with Gasteiger partial charge in [-0.1, -0.05) is 41.9 Å². The van der Waals surface area contributed by atoms with Crippen molar-refractivity contribution in [2.75, 3.05) is 31.5 Å². The van der Waals surface area contributed by atoms with Crippen LogP contribution in [-0.4, -0.2) is 58.7 Å². The molecule has 29 heavy (non-hydrogen) atoms. The Morgan fingerprint density at radius 1 is 0.897 bits per heavy atom. The van der Waals surface area contributed by atoms with Crippen molar-refractivity contribution in [1.29, 1.82) is 0 Å². The van der Waals surface area contributed by atoms with E-state index in [1.807, 2.05) is 30.3 Å². The summed E-state index contributed by atoms with van der Waals surface area (Å²) in [6.07, 6.45) is 0. The third-order valence-electron chi connectivity index (χ3n) is 4.93. The number of anilines is 1. The number of halogens is 1. The van der Waals surface area contributed by atoms with Gasteiger partial charge in [0.2, 0.25) is 0 Å². The highest BCUT2D eigenvalue weighted by molar-refractivity contribution is 6.41. The van der Waals surface area contributed by atoms with Gasteiger partial charge in [-0.25, -0.2) is 0 Å². The maximum atomic E-state index is 12.8. The molecule has 0 saturated carbocycles. The predicted octanol–water partition coefficient (Wildman–Crippen LogP) is 2.74. The Morgan fingerprint density at radius 2 is 1.55 bits per heavy atom. The minimum absolute atomic E-state index is 0.117. The summed E-state index contributed by atoms with van der Waals surface area (Å²) < 4.78 is 0. The first-order valence-electron chi connectivity index (χ1n) is 9.25. The van der Waals surface area contributed by atoms with E-state index in [0.717, 1.165) is 10.9 Å². The van der Waals surface area contributed by atoms with Crippen LogP contribution < -0.4 is 5.32 Å². The average molecular weight is 411 g/mol. The minimum Gasteiger partial charge on any atom is -0.351 e. The number of hydrogen-bond donors (Lipinski definition) is 2. The van der Waals surface area contributed by atoms with Gasteiger partial charge in [0.1, 0.15) is 5.69 Å². The van der Waals surface area contributed by atoms with Crippen LogP contribution in [-0.2, 0) is 9.59 Å². The topological polar surface area (TPSA) is 85.5 Å². The van der Waals surface area contributed by atoms with Crippen LogP contribution in [0.25, 0.3) is 10.9 Å². The first-order valence-corrected chi connectivity index (χ1v) is 9.62. The van der Waals surface area contributed by atoms with Gasteiger partial charge in [-0.15, -0.1) is 0 Å². The largest absolute Gasteiger partial charge is 0.351 e. The van der Waals surface area contributed by atoms with Gasteiger partial charge in [-0.3, -0.25) is 14.4 Å². The van der Waals surface area contributed by atoms with E-state index in [0.29, 0.717) is 42.6 Å². The summed E-state index contributed by atoms with van der Waals surface area (Å²) in [5, 5.41) is 3.87. The molecule has 4 rings (SSSR count). The highest BCUT2D eigenvalue weighted by atomic mass is 35.5. The fraction of sp³-hybridized carbons (Fsp3) is 0.190. The van der Waals surface area contributed by atoms with E-state index in [-0.39, 0.29) is 5.91 Å². The molecule has 0 spiro atoms. The predicted molar refractivity (Wildman–Crippen MR) is 111 cm³/mol. The van der Waals surface area contributed by atoms with Crippen molar-refractivity contribution in [2.45, 2.75) is 0 Å².